The van der Waals surface area contributed by atoms with Crippen molar-refractivity contribution in [2.24, 2.45) is 23.7 Å². The zero-order chi connectivity index (χ0) is 10.6. The summed E-state index contributed by atoms with van der Waals surface area (Å²) in [6.45, 7) is 9.45. The monoisotopic (exact) mass is 196 g/mol. The average molecular weight is 196 g/mol. The minimum atomic E-state index is 0.904. The van der Waals surface area contributed by atoms with Crippen molar-refractivity contribution in [2.75, 3.05) is 0 Å². The molecule has 0 heteroatoms. The molecule has 84 valence electrons. The van der Waals surface area contributed by atoms with Crippen molar-refractivity contribution in [3.63, 3.8) is 0 Å². The van der Waals surface area contributed by atoms with Gasteiger partial charge in [-0.1, -0.05) is 53.4 Å². The Kier molecular flexibility index (Phi) is 4.98. The molecule has 0 spiro atoms. The van der Waals surface area contributed by atoms with Crippen LogP contribution in [-0.4, -0.2) is 0 Å². The Bertz CT molecular complexity index is 120. The fourth-order valence-electron chi connectivity index (χ4n) is 3.04. The van der Waals surface area contributed by atoms with Gasteiger partial charge in [-0.25, -0.2) is 0 Å². The standard InChI is InChI=1S/C14H28/c1-11(2)9-13-5-7-14(8-6-13)10-12(3)4/h11-14H,5-10H2,1-4H3. The molecule has 0 saturated heterocycles. The SMILES string of the molecule is CC(C)CC1CCC(CC(C)C)CC1. The molecule has 0 N–H and O–H groups in total. The minimum absolute atomic E-state index is 0.904. The zero-order valence-electron chi connectivity index (χ0n) is 10.6. The summed E-state index contributed by atoms with van der Waals surface area (Å²) in [5, 5.41) is 0. The smallest absolute Gasteiger partial charge is 0.0412 e. The van der Waals surface area contributed by atoms with E-state index < -0.39 is 0 Å². The van der Waals surface area contributed by atoms with E-state index in [0.717, 1.165) is 23.7 Å². The summed E-state index contributed by atoms with van der Waals surface area (Å²) in [7, 11) is 0. The molecular weight excluding hydrogens is 168 g/mol. The molecule has 0 aliphatic heterocycles. The molecule has 0 aromatic rings. The highest BCUT2D eigenvalue weighted by molar-refractivity contribution is 4.74. The molecule has 1 rings (SSSR count). The van der Waals surface area contributed by atoms with Gasteiger partial charge in [0.1, 0.15) is 0 Å². The molecule has 0 aromatic heterocycles. The molecule has 0 nitrogen and oxygen atoms in total. The van der Waals surface area contributed by atoms with E-state index >= 15 is 0 Å². The van der Waals surface area contributed by atoms with Gasteiger partial charge in [-0.2, -0.15) is 0 Å². The normalized spacial score (nSPS) is 28.7. The molecule has 0 unspecified atom stereocenters. The van der Waals surface area contributed by atoms with E-state index in [1.165, 1.54) is 38.5 Å². The van der Waals surface area contributed by atoms with Crippen LogP contribution in [0.3, 0.4) is 0 Å². The van der Waals surface area contributed by atoms with Gasteiger partial charge >= 0.3 is 0 Å². The summed E-state index contributed by atoms with van der Waals surface area (Å²) in [6, 6.07) is 0. The van der Waals surface area contributed by atoms with Gasteiger partial charge in [-0.15, -0.1) is 0 Å². The third-order valence-corrected chi connectivity index (χ3v) is 3.58. The van der Waals surface area contributed by atoms with Gasteiger partial charge in [-0.05, 0) is 36.5 Å². The van der Waals surface area contributed by atoms with E-state index in [2.05, 4.69) is 27.7 Å². The predicted octanol–water partition coefficient (Wildman–Crippen LogP) is 4.89. The summed E-state index contributed by atoms with van der Waals surface area (Å²) in [5.41, 5.74) is 0. The van der Waals surface area contributed by atoms with Crippen LogP contribution in [0.1, 0.15) is 66.2 Å². The van der Waals surface area contributed by atoms with Crippen LogP contribution in [0.4, 0.5) is 0 Å². The van der Waals surface area contributed by atoms with E-state index in [-0.39, 0.29) is 0 Å². The Morgan fingerprint density at radius 1 is 0.714 bits per heavy atom. The van der Waals surface area contributed by atoms with Crippen LogP contribution in [0, 0.1) is 23.7 Å². The van der Waals surface area contributed by atoms with Gasteiger partial charge in [0.15, 0.2) is 0 Å². The maximum atomic E-state index is 2.36. The number of rotatable bonds is 4. The van der Waals surface area contributed by atoms with Crippen molar-refractivity contribution in [3.05, 3.63) is 0 Å². The van der Waals surface area contributed by atoms with Crippen molar-refractivity contribution >= 4 is 0 Å². The van der Waals surface area contributed by atoms with Crippen molar-refractivity contribution in [1.29, 1.82) is 0 Å². The molecule has 0 radical (unpaired) electrons. The van der Waals surface area contributed by atoms with Gasteiger partial charge in [0.05, 0.1) is 0 Å². The second-order valence-corrected chi connectivity index (χ2v) is 6.15. The lowest BCUT2D eigenvalue weighted by Gasteiger charge is -2.30. The first-order chi connectivity index (χ1) is 6.58. The van der Waals surface area contributed by atoms with Crippen LogP contribution >= 0.6 is 0 Å². The first kappa shape index (κ1) is 12.1. The average Bonchev–Trinajstić information content (AvgIpc) is 2.06. The number of hydrogen-bond donors (Lipinski definition) is 0. The van der Waals surface area contributed by atoms with Crippen molar-refractivity contribution in [1.82, 2.24) is 0 Å². The molecule has 0 amide bonds. The fraction of sp³-hybridized carbons (Fsp3) is 1.00. The van der Waals surface area contributed by atoms with E-state index in [9.17, 15) is 0 Å². The molecule has 0 bridgehead atoms. The second-order valence-electron chi connectivity index (χ2n) is 6.15. The predicted molar refractivity (Wildman–Crippen MR) is 64.4 cm³/mol. The van der Waals surface area contributed by atoms with E-state index in [4.69, 9.17) is 0 Å². The Morgan fingerprint density at radius 2 is 1.00 bits per heavy atom. The van der Waals surface area contributed by atoms with Crippen LogP contribution in [0.2, 0.25) is 0 Å². The molecule has 0 aromatic carbocycles. The molecular formula is C14H28. The van der Waals surface area contributed by atoms with E-state index in [1.54, 1.807) is 0 Å². The van der Waals surface area contributed by atoms with Crippen molar-refractivity contribution in [3.8, 4) is 0 Å². The highest BCUT2D eigenvalue weighted by atomic mass is 14.3. The van der Waals surface area contributed by atoms with Crippen molar-refractivity contribution < 1.29 is 0 Å². The molecule has 0 heterocycles. The van der Waals surface area contributed by atoms with Crippen LogP contribution < -0.4 is 0 Å². The molecule has 1 aliphatic rings. The van der Waals surface area contributed by atoms with Crippen molar-refractivity contribution in [2.45, 2.75) is 66.2 Å². The Hall–Kier alpha value is 0. The van der Waals surface area contributed by atoms with Crippen LogP contribution in [0.5, 0.6) is 0 Å². The summed E-state index contributed by atoms with van der Waals surface area (Å²) in [4.78, 5) is 0. The zero-order valence-corrected chi connectivity index (χ0v) is 10.6. The molecule has 14 heavy (non-hydrogen) atoms. The van der Waals surface area contributed by atoms with Gasteiger partial charge in [0.25, 0.3) is 0 Å². The van der Waals surface area contributed by atoms with Crippen LogP contribution in [-0.2, 0) is 0 Å². The lowest BCUT2D eigenvalue weighted by atomic mass is 9.76. The fourth-order valence-corrected chi connectivity index (χ4v) is 3.04. The first-order valence-electron chi connectivity index (χ1n) is 6.58. The van der Waals surface area contributed by atoms with Gasteiger partial charge in [-0.3, -0.25) is 0 Å². The highest BCUT2D eigenvalue weighted by Crippen LogP contribution is 2.35. The Morgan fingerprint density at radius 3 is 1.21 bits per heavy atom. The Balaban J connectivity index is 2.17. The summed E-state index contributed by atoms with van der Waals surface area (Å²) in [6.07, 6.45) is 8.97. The maximum absolute atomic E-state index is 2.36. The summed E-state index contributed by atoms with van der Waals surface area (Å²) in [5.74, 6) is 3.92. The quantitative estimate of drug-likeness (QED) is 0.601. The highest BCUT2D eigenvalue weighted by Gasteiger charge is 2.21. The number of hydrogen-bond acceptors (Lipinski definition) is 0. The first-order valence-corrected chi connectivity index (χ1v) is 6.58. The molecule has 0 atom stereocenters. The van der Waals surface area contributed by atoms with Crippen LogP contribution in [0.25, 0.3) is 0 Å². The van der Waals surface area contributed by atoms with E-state index in [1.807, 2.05) is 0 Å². The van der Waals surface area contributed by atoms with Gasteiger partial charge in [0.2, 0.25) is 0 Å². The lowest BCUT2D eigenvalue weighted by Crippen LogP contribution is -2.17. The topological polar surface area (TPSA) is 0 Å². The molecule has 1 aliphatic carbocycles. The van der Waals surface area contributed by atoms with Gasteiger partial charge in [0, 0.05) is 0 Å². The lowest BCUT2D eigenvalue weighted by molar-refractivity contribution is 0.222. The third-order valence-electron chi connectivity index (χ3n) is 3.58. The minimum Gasteiger partial charge on any atom is -0.0628 e. The molecule has 1 fully saturated rings. The van der Waals surface area contributed by atoms with Crippen LogP contribution in [0.15, 0.2) is 0 Å². The summed E-state index contributed by atoms with van der Waals surface area (Å²) >= 11 is 0. The third kappa shape index (κ3) is 4.48. The van der Waals surface area contributed by atoms with E-state index in [0.29, 0.717) is 0 Å². The molecule has 1 saturated carbocycles. The summed E-state index contributed by atoms with van der Waals surface area (Å²) < 4.78 is 0. The van der Waals surface area contributed by atoms with Gasteiger partial charge < -0.3 is 0 Å². The Labute approximate surface area is 90.5 Å². The maximum Gasteiger partial charge on any atom is -0.0412 e. The second kappa shape index (κ2) is 5.78. The largest absolute Gasteiger partial charge is 0.0628 e.